The Bertz CT molecular complexity index is 1040. The molecule has 0 spiro atoms. The lowest BCUT2D eigenvalue weighted by molar-refractivity contribution is -0.120. The highest BCUT2D eigenvalue weighted by molar-refractivity contribution is 7.16. The minimum atomic E-state index is 0.0962. The number of thiophene rings is 1. The molecule has 0 saturated heterocycles. The second kappa shape index (κ2) is 15.5. The van der Waals surface area contributed by atoms with Crippen molar-refractivity contribution in [2.24, 2.45) is 5.92 Å². The predicted molar refractivity (Wildman–Crippen MR) is 155 cm³/mol. The van der Waals surface area contributed by atoms with Gasteiger partial charge >= 0.3 is 0 Å². The monoisotopic (exact) mass is 508 g/mol. The molecule has 2 aromatic carbocycles. The first-order valence-electron chi connectivity index (χ1n) is 13.5. The van der Waals surface area contributed by atoms with Gasteiger partial charge in [-0.05, 0) is 67.1 Å². The standard InChI is InChI=1S/C27H32N2O2S.2C2H6/c1-4-21(5-2)26(30)28-27-19(3)24-15-16-29(18-25(24)32-27)17-20-11-13-23(14-12-20)31-22-9-7-6-8-10-22;2*1-2/h6-14,21H,4-5,15-18H2,1-3H3,(H,28,30);2*1-2H3. The summed E-state index contributed by atoms with van der Waals surface area (Å²) in [6, 6.07) is 18.2. The van der Waals surface area contributed by atoms with E-state index in [1.54, 1.807) is 11.3 Å². The number of fused-ring (bicyclic) bond motifs is 1. The number of nitrogens with zero attached hydrogens (tertiary/aromatic N) is 1. The summed E-state index contributed by atoms with van der Waals surface area (Å²) >= 11 is 1.75. The molecule has 1 aromatic heterocycles. The Hall–Kier alpha value is -2.63. The van der Waals surface area contributed by atoms with Crippen molar-refractivity contribution in [1.29, 1.82) is 0 Å². The van der Waals surface area contributed by atoms with Crippen molar-refractivity contribution >= 4 is 22.2 Å². The van der Waals surface area contributed by atoms with Crippen LogP contribution in [-0.4, -0.2) is 17.4 Å². The van der Waals surface area contributed by atoms with Crippen molar-refractivity contribution in [2.75, 3.05) is 11.9 Å². The number of ether oxygens (including phenoxy) is 1. The Morgan fingerprint density at radius 1 is 0.972 bits per heavy atom. The molecule has 0 radical (unpaired) electrons. The first-order chi connectivity index (χ1) is 17.6. The van der Waals surface area contributed by atoms with Crippen LogP contribution in [0.15, 0.2) is 54.6 Å². The highest BCUT2D eigenvalue weighted by Crippen LogP contribution is 2.37. The summed E-state index contributed by atoms with van der Waals surface area (Å²) in [4.78, 5) is 16.4. The summed E-state index contributed by atoms with van der Waals surface area (Å²) < 4.78 is 5.90. The maximum absolute atomic E-state index is 12.6. The number of para-hydroxylation sites is 1. The Morgan fingerprint density at radius 3 is 2.19 bits per heavy atom. The molecule has 4 nitrogen and oxygen atoms in total. The Kier molecular flexibility index (Phi) is 12.7. The van der Waals surface area contributed by atoms with Gasteiger partial charge in [-0.25, -0.2) is 0 Å². The van der Waals surface area contributed by atoms with Crippen LogP contribution in [-0.2, 0) is 24.3 Å². The fraction of sp³-hybridized carbons (Fsp3) is 0.452. The van der Waals surface area contributed by atoms with Gasteiger partial charge in [0.25, 0.3) is 0 Å². The molecule has 1 amide bonds. The first-order valence-corrected chi connectivity index (χ1v) is 14.3. The van der Waals surface area contributed by atoms with Gasteiger partial charge in [0, 0.05) is 30.4 Å². The summed E-state index contributed by atoms with van der Waals surface area (Å²) in [5.41, 5.74) is 3.97. The summed E-state index contributed by atoms with van der Waals surface area (Å²) in [5, 5.41) is 4.25. The highest BCUT2D eigenvalue weighted by Gasteiger charge is 2.24. The third-order valence-electron chi connectivity index (χ3n) is 6.30. The largest absolute Gasteiger partial charge is 0.457 e. The third-order valence-corrected chi connectivity index (χ3v) is 7.54. The lowest BCUT2D eigenvalue weighted by atomic mass is 10.0. The van der Waals surface area contributed by atoms with Crippen LogP contribution in [0.1, 0.15) is 76.0 Å². The molecular weight excluding hydrogens is 464 g/mol. The summed E-state index contributed by atoms with van der Waals surface area (Å²) in [7, 11) is 0. The molecule has 4 rings (SSSR count). The van der Waals surface area contributed by atoms with E-state index in [4.69, 9.17) is 4.74 Å². The maximum atomic E-state index is 12.6. The molecule has 3 aromatic rings. The van der Waals surface area contributed by atoms with Crippen molar-refractivity contribution in [3.8, 4) is 11.5 Å². The van der Waals surface area contributed by atoms with Crippen LogP contribution < -0.4 is 10.1 Å². The first kappa shape index (κ1) is 29.6. The molecule has 5 heteroatoms. The zero-order valence-corrected chi connectivity index (χ0v) is 24.0. The molecule has 36 heavy (non-hydrogen) atoms. The molecule has 1 aliphatic heterocycles. The van der Waals surface area contributed by atoms with E-state index >= 15 is 0 Å². The number of nitrogens with one attached hydrogen (secondary N) is 1. The van der Waals surface area contributed by atoms with Gasteiger partial charge in [-0.2, -0.15) is 0 Å². The molecule has 196 valence electrons. The van der Waals surface area contributed by atoms with Crippen molar-refractivity contribution < 1.29 is 9.53 Å². The second-order valence-corrected chi connectivity index (χ2v) is 9.59. The third kappa shape index (κ3) is 7.94. The van der Waals surface area contributed by atoms with Crippen LogP contribution in [0.2, 0.25) is 0 Å². The number of rotatable bonds is 8. The summed E-state index contributed by atoms with van der Waals surface area (Å²) in [6.07, 6.45) is 2.80. The normalized spacial score (nSPS) is 12.6. The Balaban J connectivity index is 0.00000109. The van der Waals surface area contributed by atoms with Crippen LogP contribution in [0.5, 0.6) is 11.5 Å². The van der Waals surface area contributed by atoms with E-state index in [9.17, 15) is 4.79 Å². The van der Waals surface area contributed by atoms with Gasteiger partial charge in [-0.1, -0.05) is 71.9 Å². The summed E-state index contributed by atoms with van der Waals surface area (Å²) in [5.74, 6) is 1.96. The molecule has 1 aliphatic rings. The average Bonchev–Trinajstić information content (AvgIpc) is 3.23. The van der Waals surface area contributed by atoms with Gasteiger partial charge in [-0.15, -0.1) is 11.3 Å². The molecule has 1 N–H and O–H groups in total. The number of hydrogen-bond donors (Lipinski definition) is 1. The van der Waals surface area contributed by atoms with Crippen molar-refractivity contribution in [1.82, 2.24) is 4.90 Å². The van der Waals surface area contributed by atoms with Gasteiger partial charge in [0.1, 0.15) is 11.5 Å². The number of benzene rings is 2. The second-order valence-electron chi connectivity index (χ2n) is 8.48. The number of carbonyl (C=O) groups excluding carboxylic acids is 1. The molecule has 2 heterocycles. The van der Waals surface area contributed by atoms with E-state index in [0.29, 0.717) is 0 Å². The lowest BCUT2D eigenvalue weighted by Gasteiger charge is -2.27. The van der Waals surface area contributed by atoms with E-state index in [-0.39, 0.29) is 11.8 Å². The van der Waals surface area contributed by atoms with Gasteiger partial charge in [0.05, 0.1) is 5.00 Å². The van der Waals surface area contributed by atoms with E-state index < -0.39 is 0 Å². The molecule has 0 saturated carbocycles. The SMILES string of the molecule is CC.CC.CCC(CC)C(=O)Nc1sc2c(c1C)CCN(Cc1ccc(Oc3ccccc3)cc1)C2. The number of hydrogen-bond acceptors (Lipinski definition) is 4. The average molecular weight is 509 g/mol. The number of anilines is 1. The molecule has 0 atom stereocenters. The van der Waals surface area contributed by atoms with Crippen LogP contribution >= 0.6 is 11.3 Å². The number of carbonyl (C=O) groups is 1. The molecule has 0 bridgehead atoms. The van der Waals surface area contributed by atoms with E-state index in [1.165, 1.54) is 21.6 Å². The topological polar surface area (TPSA) is 41.6 Å². The van der Waals surface area contributed by atoms with Crippen molar-refractivity contribution in [3.05, 3.63) is 76.2 Å². The molecule has 0 unspecified atom stereocenters. The summed E-state index contributed by atoms with van der Waals surface area (Å²) in [6.45, 7) is 17.2. The fourth-order valence-electron chi connectivity index (χ4n) is 4.29. The van der Waals surface area contributed by atoms with E-state index in [2.05, 4.69) is 43.1 Å². The predicted octanol–water partition coefficient (Wildman–Crippen LogP) is 8.83. The van der Waals surface area contributed by atoms with Gasteiger partial charge < -0.3 is 10.1 Å². The Morgan fingerprint density at radius 2 is 1.58 bits per heavy atom. The van der Waals surface area contributed by atoms with Crippen molar-refractivity contribution in [3.63, 3.8) is 0 Å². The highest BCUT2D eigenvalue weighted by atomic mass is 32.1. The molecule has 0 aliphatic carbocycles. The molecular formula is C31H44N2O2S. The Labute approximate surface area is 222 Å². The van der Waals surface area contributed by atoms with Crippen molar-refractivity contribution in [2.45, 2.75) is 80.8 Å². The van der Waals surface area contributed by atoms with Gasteiger partial charge in [-0.3, -0.25) is 9.69 Å². The number of amides is 1. The van der Waals surface area contributed by atoms with Crippen LogP contribution in [0.3, 0.4) is 0 Å². The van der Waals surface area contributed by atoms with E-state index in [0.717, 1.165) is 55.4 Å². The van der Waals surface area contributed by atoms with Gasteiger partial charge in [0.15, 0.2) is 0 Å². The fourth-order valence-corrected chi connectivity index (χ4v) is 5.59. The minimum absolute atomic E-state index is 0.0962. The van der Waals surface area contributed by atoms with Crippen LogP contribution in [0.25, 0.3) is 0 Å². The van der Waals surface area contributed by atoms with Crippen LogP contribution in [0.4, 0.5) is 5.00 Å². The smallest absolute Gasteiger partial charge is 0.228 e. The minimum Gasteiger partial charge on any atom is -0.457 e. The quantitative estimate of drug-likeness (QED) is 0.330. The van der Waals surface area contributed by atoms with Crippen LogP contribution in [0, 0.1) is 12.8 Å². The van der Waals surface area contributed by atoms with Gasteiger partial charge in [0.2, 0.25) is 5.91 Å². The zero-order valence-electron chi connectivity index (χ0n) is 23.2. The molecule has 0 fully saturated rings. The van der Waals surface area contributed by atoms with E-state index in [1.807, 2.05) is 70.2 Å². The maximum Gasteiger partial charge on any atom is 0.228 e. The zero-order chi connectivity index (χ0) is 26.5. The lowest BCUT2D eigenvalue weighted by Crippen LogP contribution is -2.29.